The molecule has 2 rings (SSSR count). The summed E-state index contributed by atoms with van der Waals surface area (Å²) < 4.78 is 0. The molecule has 0 saturated carbocycles. The second kappa shape index (κ2) is 8.40. The number of rotatable bonds is 8. The van der Waals surface area contributed by atoms with Gasteiger partial charge in [0.1, 0.15) is 5.82 Å². The minimum atomic E-state index is 0.0533. The van der Waals surface area contributed by atoms with Crippen molar-refractivity contribution < 1.29 is 4.79 Å². The Labute approximate surface area is 143 Å². The van der Waals surface area contributed by atoms with Crippen molar-refractivity contribution >= 4 is 23.2 Å². The summed E-state index contributed by atoms with van der Waals surface area (Å²) in [6, 6.07) is 9.22. The first-order chi connectivity index (χ1) is 11.4. The summed E-state index contributed by atoms with van der Waals surface area (Å²) in [6.07, 6.45) is 1.05. The van der Waals surface area contributed by atoms with Gasteiger partial charge in [-0.2, -0.15) is 4.98 Å². The van der Waals surface area contributed by atoms with Crippen molar-refractivity contribution in [3.05, 3.63) is 41.6 Å². The second-order valence-corrected chi connectivity index (χ2v) is 6.06. The Hall–Kier alpha value is -2.47. The third kappa shape index (κ3) is 5.62. The zero-order valence-corrected chi connectivity index (χ0v) is 14.8. The first kappa shape index (κ1) is 17.9. The zero-order chi connectivity index (χ0) is 17.5. The molecule has 0 aliphatic heterocycles. The fourth-order valence-electron chi connectivity index (χ4n) is 2.24. The van der Waals surface area contributed by atoms with Gasteiger partial charge < -0.3 is 15.5 Å². The predicted octanol–water partition coefficient (Wildman–Crippen LogP) is 3.09. The summed E-state index contributed by atoms with van der Waals surface area (Å²) in [5.74, 6) is 1.40. The number of hydrogen-bond donors (Lipinski definition) is 2. The smallest absolute Gasteiger partial charge is 0.229 e. The predicted molar refractivity (Wildman–Crippen MR) is 98.2 cm³/mol. The number of aryl methyl sites for hydroxylation is 1. The molecule has 1 heterocycles. The second-order valence-electron chi connectivity index (χ2n) is 6.06. The molecule has 0 atom stereocenters. The van der Waals surface area contributed by atoms with Gasteiger partial charge in [-0.05, 0) is 65.2 Å². The van der Waals surface area contributed by atoms with Crippen LogP contribution in [0.4, 0.5) is 17.5 Å². The lowest BCUT2D eigenvalue weighted by Gasteiger charge is -2.12. The molecule has 0 bridgehead atoms. The molecule has 2 N–H and O–H groups in total. The number of nitrogens with one attached hydrogen (secondary N) is 2. The quantitative estimate of drug-likeness (QED) is 0.573. The van der Waals surface area contributed by atoms with Crippen molar-refractivity contribution in [1.29, 1.82) is 0 Å². The van der Waals surface area contributed by atoms with Gasteiger partial charge in [0.2, 0.25) is 5.95 Å². The van der Waals surface area contributed by atoms with Crippen LogP contribution < -0.4 is 10.6 Å². The monoisotopic (exact) mass is 327 g/mol. The van der Waals surface area contributed by atoms with Crippen LogP contribution in [-0.2, 0) is 0 Å². The molecule has 6 nitrogen and oxygen atoms in total. The number of carbonyl (C=O) groups excluding carboxylic acids is 1. The average molecular weight is 327 g/mol. The Morgan fingerprint density at radius 1 is 1.17 bits per heavy atom. The number of carbonyl (C=O) groups is 1. The number of nitrogens with zero attached hydrogens (tertiary/aromatic N) is 3. The molecule has 0 saturated heterocycles. The van der Waals surface area contributed by atoms with E-state index in [2.05, 4.69) is 39.6 Å². The average Bonchev–Trinajstić information content (AvgIpc) is 2.51. The molecule has 0 radical (unpaired) electrons. The van der Waals surface area contributed by atoms with Crippen LogP contribution in [0.25, 0.3) is 0 Å². The molecular formula is C18H25N5O. The van der Waals surface area contributed by atoms with E-state index >= 15 is 0 Å². The van der Waals surface area contributed by atoms with E-state index in [1.807, 2.05) is 25.1 Å². The molecule has 1 aromatic carbocycles. The number of Topliss-reactive ketones (excluding diaryl/α,β-unsaturated/α-hetero) is 1. The van der Waals surface area contributed by atoms with Crippen LogP contribution in [0.1, 0.15) is 29.4 Å². The van der Waals surface area contributed by atoms with Crippen LogP contribution in [0.2, 0.25) is 0 Å². The molecule has 24 heavy (non-hydrogen) atoms. The van der Waals surface area contributed by atoms with E-state index < -0.39 is 0 Å². The Balaban J connectivity index is 2.00. The van der Waals surface area contributed by atoms with E-state index in [0.29, 0.717) is 11.5 Å². The number of benzene rings is 1. The number of aromatic nitrogens is 2. The van der Waals surface area contributed by atoms with Gasteiger partial charge in [0.05, 0.1) is 0 Å². The van der Waals surface area contributed by atoms with E-state index in [1.165, 1.54) is 0 Å². The van der Waals surface area contributed by atoms with Gasteiger partial charge in [-0.3, -0.25) is 4.79 Å². The highest BCUT2D eigenvalue weighted by atomic mass is 16.1. The van der Waals surface area contributed by atoms with Crippen molar-refractivity contribution in [2.24, 2.45) is 0 Å². The van der Waals surface area contributed by atoms with Crippen LogP contribution in [0.3, 0.4) is 0 Å². The zero-order valence-electron chi connectivity index (χ0n) is 14.8. The minimum Gasteiger partial charge on any atom is -0.370 e. The summed E-state index contributed by atoms with van der Waals surface area (Å²) in [5.41, 5.74) is 2.43. The molecule has 0 aliphatic carbocycles. The lowest BCUT2D eigenvalue weighted by Crippen LogP contribution is -2.16. The van der Waals surface area contributed by atoms with Gasteiger partial charge in [0.15, 0.2) is 5.78 Å². The highest BCUT2D eigenvalue weighted by Gasteiger charge is 2.04. The van der Waals surface area contributed by atoms with Crippen LogP contribution in [0, 0.1) is 6.92 Å². The molecule has 6 heteroatoms. The van der Waals surface area contributed by atoms with Gasteiger partial charge in [0, 0.05) is 29.6 Å². The van der Waals surface area contributed by atoms with E-state index in [9.17, 15) is 4.79 Å². The molecular weight excluding hydrogens is 302 g/mol. The van der Waals surface area contributed by atoms with E-state index in [4.69, 9.17) is 0 Å². The molecule has 0 amide bonds. The van der Waals surface area contributed by atoms with E-state index in [0.717, 1.165) is 36.7 Å². The van der Waals surface area contributed by atoms with Gasteiger partial charge in [-0.25, -0.2) is 4.98 Å². The van der Waals surface area contributed by atoms with Crippen LogP contribution >= 0.6 is 0 Å². The Morgan fingerprint density at radius 3 is 2.50 bits per heavy atom. The van der Waals surface area contributed by atoms with Crippen LogP contribution in [-0.4, -0.2) is 47.8 Å². The first-order valence-corrected chi connectivity index (χ1v) is 8.06. The maximum Gasteiger partial charge on any atom is 0.229 e. The van der Waals surface area contributed by atoms with Crippen molar-refractivity contribution in [2.75, 3.05) is 37.8 Å². The normalized spacial score (nSPS) is 10.7. The third-order valence-corrected chi connectivity index (χ3v) is 3.49. The Morgan fingerprint density at radius 2 is 1.88 bits per heavy atom. The number of hydrogen-bond acceptors (Lipinski definition) is 6. The third-order valence-electron chi connectivity index (χ3n) is 3.49. The SMILES string of the molecule is CC(=O)c1ccc(Nc2nc(C)cc(NCCCN(C)C)n2)cc1. The summed E-state index contributed by atoms with van der Waals surface area (Å²) in [6.45, 7) is 5.39. The number of ketones is 1. The summed E-state index contributed by atoms with van der Waals surface area (Å²) in [5, 5.41) is 6.51. The highest BCUT2D eigenvalue weighted by Crippen LogP contribution is 2.16. The standard InChI is InChI=1S/C18H25N5O/c1-13-12-17(19-10-5-11-23(3)4)22-18(20-13)21-16-8-6-15(7-9-16)14(2)24/h6-9,12H,5,10-11H2,1-4H3,(H2,19,20,21,22). The Kier molecular flexibility index (Phi) is 6.26. The van der Waals surface area contributed by atoms with Crippen molar-refractivity contribution in [3.8, 4) is 0 Å². The highest BCUT2D eigenvalue weighted by molar-refractivity contribution is 5.94. The summed E-state index contributed by atoms with van der Waals surface area (Å²) in [7, 11) is 4.13. The molecule has 0 aliphatic rings. The van der Waals surface area contributed by atoms with Crippen molar-refractivity contribution in [3.63, 3.8) is 0 Å². The van der Waals surface area contributed by atoms with E-state index in [-0.39, 0.29) is 5.78 Å². The molecule has 2 aromatic rings. The molecule has 1 aromatic heterocycles. The van der Waals surface area contributed by atoms with Crippen LogP contribution in [0.15, 0.2) is 30.3 Å². The van der Waals surface area contributed by atoms with E-state index in [1.54, 1.807) is 19.1 Å². The fraction of sp³-hybridized carbons (Fsp3) is 0.389. The fourth-order valence-corrected chi connectivity index (χ4v) is 2.24. The topological polar surface area (TPSA) is 70.2 Å². The Bertz CT molecular complexity index is 682. The van der Waals surface area contributed by atoms with Crippen molar-refractivity contribution in [1.82, 2.24) is 14.9 Å². The maximum absolute atomic E-state index is 11.3. The maximum atomic E-state index is 11.3. The van der Waals surface area contributed by atoms with Crippen molar-refractivity contribution in [2.45, 2.75) is 20.3 Å². The van der Waals surface area contributed by atoms with Gasteiger partial charge in [-0.15, -0.1) is 0 Å². The van der Waals surface area contributed by atoms with Crippen LogP contribution in [0.5, 0.6) is 0 Å². The lowest BCUT2D eigenvalue weighted by atomic mass is 10.1. The molecule has 0 spiro atoms. The van der Waals surface area contributed by atoms with Gasteiger partial charge in [0.25, 0.3) is 0 Å². The summed E-state index contributed by atoms with van der Waals surface area (Å²) in [4.78, 5) is 22.4. The van der Waals surface area contributed by atoms with Gasteiger partial charge >= 0.3 is 0 Å². The van der Waals surface area contributed by atoms with Gasteiger partial charge in [-0.1, -0.05) is 0 Å². The molecule has 0 unspecified atom stereocenters. The summed E-state index contributed by atoms with van der Waals surface area (Å²) >= 11 is 0. The lowest BCUT2D eigenvalue weighted by molar-refractivity contribution is 0.101. The largest absolute Gasteiger partial charge is 0.370 e. The molecule has 128 valence electrons. The molecule has 0 fully saturated rings. The number of anilines is 3. The minimum absolute atomic E-state index is 0.0533. The first-order valence-electron chi connectivity index (χ1n) is 8.06.